The molecule has 0 aromatic carbocycles. The maximum atomic E-state index is 11.7. The lowest BCUT2D eigenvalue weighted by molar-refractivity contribution is -0.130. The van der Waals surface area contributed by atoms with E-state index >= 15 is 0 Å². The molecule has 0 saturated carbocycles. The molecule has 108 valence electrons. The summed E-state index contributed by atoms with van der Waals surface area (Å²) < 4.78 is 5.47. The van der Waals surface area contributed by atoms with Crippen LogP contribution in [0.5, 0.6) is 0 Å². The van der Waals surface area contributed by atoms with Gasteiger partial charge in [0.25, 0.3) is 0 Å². The molecule has 0 aliphatic carbocycles. The van der Waals surface area contributed by atoms with E-state index in [1.807, 2.05) is 0 Å². The number of rotatable bonds is 2. The highest BCUT2D eigenvalue weighted by Crippen LogP contribution is 2.27. The molecule has 0 aromatic heterocycles. The lowest BCUT2D eigenvalue weighted by atomic mass is 10.1. The van der Waals surface area contributed by atoms with E-state index in [2.05, 4.69) is 16.0 Å². The summed E-state index contributed by atoms with van der Waals surface area (Å²) in [5, 5.41) is 37.6. The van der Waals surface area contributed by atoms with Crippen LogP contribution in [-0.4, -0.2) is 82.8 Å². The summed E-state index contributed by atoms with van der Waals surface area (Å²) >= 11 is 0. The fourth-order valence-electron chi connectivity index (χ4n) is 2.83. The Bertz CT molecular complexity index is 370. The Balaban J connectivity index is 1.75. The molecule has 9 heteroatoms. The van der Waals surface area contributed by atoms with Crippen LogP contribution in [-0.2, 0) is 9.53 Å². The molecular formula is C10H18N4O5. The molecule has 0 aromatic rings. The van der Waals surface area contributed by atoms with Crippen molar-refractivity contribution in [2.24, 2.45) is 0 Å². The van der Waals surface area contributed by atoms with Crippen LogP contribution in [0.2, 0.25) is 0 Å². The molecule has 3 unspecified atom stereocenters. The van der Waals surface area contributed by atoms with E-state index in [0.717, 1.165) is 0 Å². The summed E-state index contributed by atoms with van der Waals surface area (Å²) in [6.07, 6.45) is -4.13. The van der Waals surface area contributed by atoms with Gasteiger partial charge in [0.05, 0.1) is 26.1 Å². The van der Waals surface area contributed by atoms with Crippen molar-refractivity contribution in [2.75, 3.05) is 19.9 Å². The second kappa shape index (κ2) is 4.94. The first-order valence-corrected chi connectivity index (χ1v) is 6.26. The second-order valence-electron chi connectivity index (χ2n) is 4.95. The first-order valence-electron chi connectivity index (χ1n) is 6.26. The molecule has 3 aliphatic heterocycles. The first kappa shape index (κ1) is 13.2. The highest BCUT2D eigenvalue weighted by atomic mass is 16.6. The van der Waals surface area contributed by atoms with Crippen molar-refractivity contribution in [1.29, 1.82) is 0 Å². The molecule has 19 heavy (non-hydrogen) atoms. The molecule has 3 saturated heterocycles. The molecule has 9 nitrogen and oxygen atoms in total. The predicted octanol–water partition coefficient (Wildman–Crippen LogP) is -4.34. The van der Waals surface area contributed by atoms with Gasteiger partial charge in [-0.2, -0.15) is 0 Å². The van der Waals surface area contributed by atoms with E-state index < -0.39 is 30.6 Å². The SMILES string of the molecule is O=C1NCNC2C1NCN2C1O[C@H](CO)[C@@H](O)[C@H]1O. The van der Waals surface area contributed by atoms with Crippen molar-refractivity contribution < 1.29 is 24.9 Å². The number of fused-ring (bicyclic) bond motifs is 1. The van der Waals surface area contributed by atoms with E-state index in [4.69, 9.17) is 9.84 Å². The zero-order valence-corrected chi connectivity index (χ0v) is 10.2. The normalized spacial score (nSPS) is 47.2. The van der Waals surface area contributed by atoms with Gasteiger partial charge in [0, 0.05) is 0 Å². The molecule has 6 N–H and O–H groups in total. The Morgan fingerprint density at radius 3 is 2.79 bits per heavy atom. The van der Waals surface area contributed by atoms with Crippen LogP contribution in [0.3, 0.4) is 0 Å². The Morgan fingerprint density at radius 2 is 2.11 bits per heavy atom. The average Bonchev–Trinajstić information content (AvgIpc) is 2.94. The first-order chi connectivity index (χ1) is 9.13. The van der Waals surface area contributed by atoms with Crippen LogP contribution in [0.4, 0.5) is 0 Å². The summed E-state index contributed by atoms with van der Waals surface area (Å²) in [4.78, 5) is 13.4. The summed E-state index contributed by atoms with van der Waals surface area (Å²) in [7, 11) is 0. The van der Waals surface area contributed by atoms with Crippen LogP contribution in [0, 0.1) is 0 Å². The van der Waals surface area contributed by atoms with Crippen molar-refractivity contribution >= 4 is 5.91 Å². The molecule has 3 aliphatic rings. The Labute approximate surface area is 109 Å². The number of nitrogens with zero attached hydrogens (tertiary/aromatic N) is 1. The van der Waals surface area contributed by atoms with E-state index in [1.54, 1.807) is 4.90 Å². The van der Waals surface area contributed by atoms with Crippen LogP contribution < -0.4 is 16.0 Å². The number of amides is 1. The summed E-state index contributed by atoms with van der Waals surface area (Å²) in [6.45, 7) is 0.327. The van der Waals surface area contributed by atoms with Crippen molar-refractivity contribution in [3.63, 3.8) is 0 Å². The largest absolute Gasteiger partial charge is 0.394 e. The zero-order valence-electron chi connectivity index (χ0n) is 10.2. The summed E-state index contributed by atoms with van der Waals surface area (Å²) in [5.41, 5.74) is 0. The topological polar surface area (TPSA) is 126 Å². The number of carbonyl (C=O) groups excluding carboxylic acids is 1. The zero-order chi connectivity index (χ0) is 13.6. The number of aliphatic hydroxyl groups excluding tert-OH is 3. The standard InChI is InChI=1S/C10H18N4O5/c15-1-4-6(16)7(17)10(19-4)14-3-13-5-8(14)11-2-12-9(5)18/h4-8,10-11,13,15-17H,1-3H2,(H,12,18)/t4-,5?,6-,7-,8?,10?/m1/s1. The quantitative estimate of drug-likeness (QED) is 0.298. The highest BCUT2D eigenvalue weighted by Gasteiger charge is 2.51. The molecule has 1 amide bonds. The molecule has 0 spiro atoms. The van der Waals surface area contributed by atoms with Crippen LogP contribution in [0.1, 0.15) is 0 Å². The molecule has 0 bridgehead atoms. The van der Waals surface area contributed by atoms with Gasteiger partial charge in [-0.3, -0.25) is 15.4 Å². The summed E-state index contributed by atoms with van der Waals surface area (Å²) in [5.74, 6) is -0.113. The van der Waals surface area contributed by atoms with Crippen LogP contribution >= 0.6 is 0 Å². The Kier molecular flexibility index (Phi) is 3.43. The van der Waals surface area contributed by atoms with Gasteiger partial charge in [0.15, 0.2) is 0 Å². The number of hydrogen-bond donors (Lipinski definition) is 6. The predicted molar refractivity (Wildman–Crippen MR) is 61.3 cm³/mol. The lowest BCUT2D eigenvalue weighted by Crippen LogP contribution is -2.64. The fourth-order valence-corrected chi connectivity index (χ4v) is 2.83. The Hall–Kier alpha value is -0.810. The third kappa shape index (κ3) is 2.03. The number of ether oxygens (including phenoxy) is 1. The molecular weight excluding hydrogens is 256 g/mol. The van der Waals surface area contributed by atoms with E-state index in [0.29, 0.717) is 13.3 Å². The monoisotopic (exact) mass is 274 g/mol. The number of hydrogen-bond acceptors (Lipinski definition) is 8. The minimum atomic E-state index is -1.13. The van der Waals surface area contributed by atoms with E-state index in [9.17, 15) is 15.0 Å². The van der Waals surface area contributed by atoms with Gasteiger partial charge in [-0.05, 0) is 0 Å². The van der Waals surface area contributed by atoms with Gasteiger partial charge >= 0.3 is 0 Å². The maximum Gasteiger partial charge on any atom is 0.241 e. The second-order valence-corrected chi connectivity index (χ2v) is 4.95. The van der Waals surface area contributed by atoms with E-state index in [-0.39, 0.29) is 18.7 Å². The van der Waals surface area contributed by atoms with Gasteiger partial charge in [0.2, 0.25) is 5.91 Å². The molecule has 3 rings (SSSR count). The third-order valence-corrected chi connectivity index (χ3v) is 3.87. The fraction of sp³-hybridized carbons (Fsp3) is 0.900. The van der Waals surface area contributed by atoms with Gasteiger partial charge < -0.3 is 25.4 Å². The van der Waals surface area contributed by atoms with Crippen molar-refractivity contribution in [1.82, 2.24) is 20.9 Å². The molecule has 3 fully saturated rings. The van der Waals surface area contributed by atoms with E-state index in [1.165, 1.54) is 0 Å². The van der Waals surface area contributed by atoms with Crippen molar-refractivity contribution in [3.8, 4) is 0 Å². The van der Waals surface area contributed by atoms with Gasteiger partial charge in [-0.25, -0.2) is 4.90 Å². The number of aliphatic hydroxyl groups is 3. The highest BCUT2D eigenvalue weighted by molar-refractivity contribution is 5.83. The van der Waals surface area contributed by atoms with Crippen molar-refractivity contribution in [3.05, 3.63) is 0 Å². The van der Waals surface area contributed by atoms with Crippen LogP contribution in [0.15, 0.2) is 0 Å². The van der Waals surface area contributed by atoms with Gasteiger partial charge in [-0.15, -0.1) is 0 Å². The van der Waals surface area contributed by atoms with Gasteiger partial charge in [-0.1, -0.05) is 0 Å². The smallest absolute Gasteiger partial charge is 0.241 e. The molecule has 0 radical (unpaired) electrons. The minimum absolute atomic E-state index is 0.113. The Morgan fingerprint density at radius 1 is 1.32 bits per heavy atom. The molecule has 6 atom stereocenters. The number of nitrogens with one attached hydrogen (secondary N) is 3. The minimum Gasteiger partial charge on any atom is -0.394 e. The number of carbonyl (C=O) groups is 1. The maximum absolute atomic E-state index is 11.7. The summed E-state index contributed by atoms with van der Waals surface area (Å²) in [6, 6.07) is -0.421. The van der Waals surface area contributed by atoms with Gasteiger partial charge in [0.1, 0.15) is 30.6 Å². The molecule has 3 heterocycles. The third-order valence-electron chi connectivity index (χ3n) is 3.87. The lowest BCUT2D eigenvalue weighted by Gasteiger charge is -2.35. The van der Waals surface area contributed by atoms with Crippen LogP contribution in [0.25, 0.3) is 0 Å². The van der Waals surface area contributed by atoms with Crippen molar-refractivity contribution in [2.45, 2.75) is 36.7 Å². The average molecular weight is 274 g/mol.